The van der Waals surface area contributed by atoms with Crippen LogP contribution >= 0.6 is 0 Å². The molecule has 36 heavy (non-hydrogen) atoms. The van der Waals surface area contributed by atoms with Crippen LogP contribution in [0.5, 0.6) is 5.75 Å². The first-order valence-corrected chi connectivity index (χ1v) is 11.9. The van der Waals surface area contributed by atoms with Gasteiger partial charge >= 0.3 is 6.09 Å². The number of hydrogen-bond donors (Lipinski definition) is 3. The van der Waals surface area contributed by atoms with Crippen molar-refractivity contribution in [1.82, 2.24) is 10.2 Å². The number of nitrogens with zero attached hydrogens (tertiary/aromatic N) is 1. The fourth-order valence-corrected chi connectivity index (χ4v) is 3.64. The van der Waals surface area contributed by atoms with Crippen molar-refractivity contribution < 1.29 is 29.0 Å². The molecule has 2 atom stereocenters. The number of hydrogen-bond acceptors (Lipinski definition) is 6. The number of methoxy groups -OCH3 is 1. The van der Waals surface area contributed by atoms with Gasteiger partial charge in [-0.15, -0.1) is 0 Å². The molecule has 2 aromatic carbocycles. The van der Waals surface area contributed by atoms with Gasteiger partial charge in [-0.25, -0.2) is 4.79 Å². The zero-order chi connectivity index (χ0) is 26.9. The van der Waals surface area contributed by atoms with Gasteiger partial charge in [-0.1, -0.05) is 36.8 Å². The normalized spacial score (nSPS) is 12.8. The van der Waals surface area contributed by atoms with Crippen LogP contribution in [0, 0.1) is 6.92 Å². The second-order valence-electron chi connectivity index (χ2n) is 9.45. The van der Waals surface area contributed by atoms with Crippen molar-refractivity contribution in [2.24, 2.45) is 0 Å². The van der Waals surface area contributed by atoms with Crippen molar-refractivity contribution in [2.75, 3.05) is 25.6 Å². The van der Waals surface area contributed by atoms with E-state index < -0.39 is 42.2 Å². The average molecular weight is 500 g/mol. The maximum atomic E-state index is 13.6. The molecule has 0 aromatic heterocycles. The third-order valence-corrected chi connectivity index (χ3v) is 5.19. The van der Waals surface area contributed by atoms with E-state index in [0.29, 0.717) is 23.4 Å². The van der Waals surface area contributed by atoms with Crippen LogP contribution in [-0.4, -0.2) is 59.8 Å². The monoisotopic (exact) mass is 499 g/mol. The molecule has 196 valence electrons. The smallest absolute Gasteiger partial charge is 0.408 e. The third kappa shape index (κ3) is 8.27. The Hall–Kier alpha value is -3.59. The van der Waals surface area contributed by atoms with Crippen molar-refractivity contribution in [2.45, 2.75) is 58.7 Å². The highest BCUT2D eigenvalue weighted by Gasteiger charge is 2.35. The van der Waals surface area contributed by atoms with Gasteiger partial charge in [-0.3, -0.25) is 9.59 Å². The van der Waals surface area contributed by atoms with Gasteiger partial charge in [0.05, 0.1) is 13.7 Å². The quantitative estimate of drug-likeness (QED) is 0.458. The average Bonchev–Trinajstić information content (AvgIpc) is 2.81. The van der Waals surface area contributed by atoms with Gasteiger partial charge in [0.1, 0.15) is 23.4 Å². The van der Waals surface area contributed by atoms with Gasteiger partial charge in [0, 0.05) is 12.2 Å². The van der Waals surface area contributed by atoms with Crippen LogP contribution in [0.15, 0.2) is 48.5 Å². The lowest BCUT2D eigenvalue weighted by Gasteiger charge is -2.34. The molecule has 0 spiro atoms. The highest BCUT2D eigenvalue weighted by atomic mass is 16.6. The molecule has 2 rings (SSSR count). The molecule has 0 fully saturated rings. The highest BCUT2D eigenvalue weighted by Crippen LogP contribution is 2.26. The van der Waals surface area contributed by atoms with Gasteiger partial charge < -0.3 is 30.1 Å². The first-order valence-electron chi connectivity index (χ1n) is 11.9. The van der Waals surface area contributed by atoms with E-state index in [1.807, 2.05) is 32.0 Å². The van der Waals surface area contributed by atoms with E-state index >= 15 is 0 Å². The molecule has 0 saturated heterocycles. The number of ether oxygens (including phenoxy) is 2. The summed E-state index contributed by atoms with van der Waals surface area (Å²) in [6, 6.07) is 11.9. The minimum absolute atomic E-state index is 0.222. The topological polar surface area (TPSA) is 117 Å². The van der Waals surface area contributed by atoms with Gasteiger partial charge in [0.25, 0.3) is 5.91 Å². The van der Waals surface area contributed by atoms with Crippen molar-refractivity contribution in [3.8, 4) is 5.75 Å². The predicted octanol–water partition coefficient (Wildman–Crippen LogP) is 3.81. The zero-order valence-electron chi connectivity index (χ0n) is 21.8. The number of rotatable bonds is 10. The van der Waals surface area contributed by atoms with E-state index in [2.05, 4.69) is 10.6 Å². The summed E-state index contributed by atoms with van der Waals surface area (Å²) < 4.78 is 10.4. The molecular formula is C27H37N3O6. The number of nitrogens with one attached hydrogen (secondary N) is 2. The van der Waals surface area contributed by atoms with E-state index in [1.54, 1.807) is 58.2 Å². The predicted molar refractivity (Wildman–Crippen MR) is 138 cm³/mol. The number of aliphatic hydroxyl groups excluding tert-OH is 1. The van der Waals surface area contributed by atoms with Crippen LogP contribution in [-0.2, 0) is 14.3 Å². The fraction of sp³-hybridized carbons (Fsp3) is 0.444. The van der Waals surface area contributed by atoms with Crippen LogP contribution in [0.1, 0.15) is 51.3 Å². The minimum Gasteiger partial charge on any atom is -0.497 e. The number of aliphatic hydroxyl groups is 1. The lowest BCUT2D eigenvalue weighted by atomic mass is 10.0. The van der Waals surface area contributed by atoms with E-state index in [9.17, 15) is 19.5 Å². The Balaban J connectivity index is 2.41. The molecule has 0 saturated carbocycles. The first kappa shape index (κ1) is 28.6. The number of benzene rings is 2. The summed E-state index contributed by atoms with van der Waals surface area (Å²) >= 11 is 0. The molecule has 3 amide bonds. The molecule has 9 nitrogen and oxygen atoms in total. The Labute approximate surface area is 212 Å². The van der Waals surface area contributed by atoms with E-state index in [0.717, 1.165) is 5.56 Å². The van der Waals surface area contributed by atoms with Gasteiger partial charge in [-0.05, 0) is 63.9 Å². The molecule has 0 heterocycles. The summed E-state index contributed by atoms with van der Waals surface area (Å²) in [7, 11) is 1.55. The van der Waals surface area contributed by atoms with Crippen molar-refractivity contribution in [3.63, 3.8) is 0 Å². The van der Waals surface area contributed by atoms with Crippen LogP contribution in [0.25, 0.3) is 0 Å². The summed E-state index contributed by atoms with van der Waals surface area (Å²) in [5, 5.41) is 15.3. The minimum atomic E-state index is -1.28. The molecule has 0 bridgehead atoms. The molecule has 9 heteroatoms. The van der Waals surface area contributed by atoms with E-state index in [-0.39, 0.29) is 6.54 Å². The van der Waals surface area contributed by atoms with Crippen molar-refractivity contribution in [1.29, 1.82) is 0 Å². The SMILES string of the molecule is CCCN(C(=O)C(CO)NC(=O)OC(C)(C)C)C(C(=O)Nc1ccc(OC)cc1)c1cccc(C)c1. The lowest BCUT2D eigenvalue weighted by molar-refractivity contribution is -0.141. The highest BCUT2D eigenvalue weighted by molar-refractivity contribution is 5.99. The van der Waals surface area contributed by atoms with Gasteiger partial charge in [-0.2, -0.15) is 0 Å². The standard InChI is InChI=1S/C27H37N3O6/c1-7-15-30(25(33)22(17-31)29-26(34)36-27(3,4)5)23(19-10-8-9-18(2)16-19)24(32)28-20-11-13-21(35-6)14-12-20/h8-14,16,22-23,31H,7,15,17H2,1-6H3,(H,28,32)(H,29,34). The third-order valence-electron chi connectivity index (χ3n) is 5.19. The fourth-order valence-electron chi connectivity index (χ4n) is 3.64. The molecule has 0 aliphatic carbocycles. The summed E-state index contributed by atoms with van der Waals surface area (Å²) in [6.45, 7) is 8.44. The summed E-state index contributed by atoms with van der Waals surface area (Å²) in [5.41, 5.74) is 1.28. The summed E-state index contributed by atoms with van der Waals surface area (Å²) in [6.07, 6.45) is -0.282. The molecule has 0 radical (unpaired) electrons. The molecule has 2 unspecified atom stereocenters. The number of carbonyl (C=O) groups is 3. The Morgan fingerprint density at radius 2 is 1.75 bits per heavy atom. The number of alkyl carbamates (subject to hydrolysis) is 1. The summed E-state index contributed by atoms with van der Waals surface area (Å²) in [5.74, 6) is -0.381. The van der Waals surface area contributed by atoms with Crippen molar-refractivity contribution >= 4 is 23.6 Å². The second kappa shape index (κ2) is 12.9. The Morgan fingerprint density at radius 3 is 2.28 bits per heavy atom. The number of anilines is 1. The second-order valence-corrected chi connectivity index (χ2v) is 9.45. The van der Waals surface area contributed by atoms with Crippen LogP contribution in [0.3, 0.4) is 0 Å². The summed E-state index contributed by atoms with van der Waals surface area (Å²) in [4.78, 5) is 40.9. The molecule has 0 aliphatic rings. The zero-order valence-corrected chi connectivity index (χ0v) is 21.8. The van der Waals surface area contributed by atoms with Crippen LogP contribution in [0.4, 0.5) is 10.5 Å². The van der Waals surface area contributed by atoms with E-state index in [1.165, 1.54) is 4.90 Å². The molecule has 0 aliphatic heterocycles. The van der Waals surface area contributed by atoms with E-state index in [4.69, 9.17) is 9.47 Å². The van der Waals surface area contributed by atoms with Gasteiger partial charge in [0.15, 0.2) is 0 Å². The molecule has 3 N–H and O–H groups in total. The molecular weight excluding hydrogens is 462 g/mol. The van der Waals surface area contributed by atoms with Gasteiger partial charge in [0.2, 0.25) is 5.91 Å². The lowest BCUT2D eigenvalue weighted by Crippen LogP contribution is -2.54. The number of aryl methyl sites for hydroxylation is 1. The Kier molecular flexibility index (Phi) is 10.3. The maximum absolute atomic E-state index is 13.6. The Bertz CT molecular complexity index is 1030. The number of carbonyl (C=O) groups excluding carboxylic acids is 3. The van der Waals surface area contributed by atoms with Crippen molar-refractivity contribution in [3.05, 3.63) is 59.7 Å². The van der Waals surface area contributed by atoms with Crippen LogP contribution in [0.2, 0.25) is 0 Å². The molecule has 2 aromatic rings. The maximum Gasteiger partial charge on any atom is 0.408 e. The Morgan fingerprint density at radius 1 is 1.08 bits per heavy atom. The van der Waals surface area contributed by atoms with Crippen LogP contribution < -0.4 is 15.4 Å². The number of amides is 3. The first-order chi connectivity index (χ1) is 17.0. The largest absolute Gasteiger partial charge is 0.497 e.